The molecule has 2 N–H and O–H groups in total. The van der Waals surface area contributed by atoms with Crippen LogP contribution in [0.2, 0.25) is 5.02 Å². The van der Waals surface area contributed by atoms with E-state index in [1.54, 1.807) is 12.1 Å². The average Bonchev–Trinajstić information content (AvgIpc) is 2.43. The molecule has 0 saturated heterocycles. The minimum absolute atomic E-state index is 0.195. The highest BCUT2D eigenvalue weighted by atomic mass is 35.5. The van der Waals surface area contributed by atoms with Gasteiger partial charge in [-0.05, 0) is 38.1 Å². The van der Waals surface area contributed by atoms with E-state index in [1.165, 1.54) is 6.20 Å². The van der Waals surface area contributed by atoms with Crippen molar-refractivity contribution in [2.45, 2.75) is 13.8 Å². The molecular weight excluding hydrogens is 274 g/mol. The van der Waals surface area contributed by atoms with Gasteiger partial charge >= 0.3 is 0 Å². The van der Waals surface area contributed by atoms with Crippen LogP contribution in [-0.4, -0.2) is 17.4 Å². The Kier molecular flexibility index (Phi) is 4.58. The molecule has 0 aliphatic heterocycles. The molecule has 104 valence electrons. The zero-order valence-corrected chi connectivity index (χ0v) is 12.2. The van der Waals surface area contributed by atoms with Crippen LogP contribution in [0.3, 0.4) is 0 Å². The highest BCUT2D eigenvalue weighted by molar-refractivity contribution is 6.30. The number of aryl methyl sites for hydroxylation is 1. The highest BCUT2D eigenvalue weighted by Crippen LogP contribution is 2.19. The third-order valence-electron chi connectivity index (χ3n) is 2.76. The molecule has 4 nitrogen and oxygen atoms in total. The molecule has 5 heteroatoms. The van der Waals surface area contributed by atoms with Crippen LogP contribution in [0.15, 0.2) is 36.5 Å². The first-order valence-electron chi connectivity index (χ1n) is 6.37. The van der Waals surface area contributed by atoms with Crippen molar-refractivity contribution in [2.24, 2.45) is 0 Å². The van der Waals surface area contributed by atoms with Gasteiger partial charge in [0, 0.05) is 18.4 Å². The molecular formula is C15H16ClN3O. The number of hydrogen-bond donors (Lipinski definition) is 2. The third kappa shape index (κ3) is 3.48. The summed E-state index contributed by atoms with van der Waals surface area (Å²) in [5.41, 5.74) is 2.44. The van der Waals surface area contributed by atoms with Gasteiger partial charge in [0.15, 0.2) is 0 Å². The molecule has 1 amide bonds. The van der Waals surface area contributed by atoms with Gasteiger partial charge in [0.25, 0.3) is 5.91 Å². The highest BCUT2D eigenvalue weighted by Gasteiger charge is 2.12. The van der Waals surface area contributed by atoms with Crippen molar-refractivity contribution < 1.29 is 4.79 Å². The largest absolute Gasteiger partial charge is 0.385 e. The fourth-order valence-electron chi connectivity index (χ4n) is 1.82. The van der Waals surface area contributed by atoms with Gasteiger partial charge in [-0.1, -0.05) is 23.2 Å². The second-order valence-corrected chi connectivity index (χ2v) is 4.83. The van der Waals surface area contributed by atoms with E-state index < -0.39 is 0 Å². The van der Waals surface area contributed by atoms with Crippen LogP contribution in [0.25, 0.3) is 0 Å². The lowest BCUT2D eigenvalue weighted by Crippen LogP contribution is -2.15. The van der Waals surface area contributed by atoms with Crippen LogP contribution in [0, 0.1) is 6.92 Å². The summed E-state index contributed by atoms with van der Waals surface area (Å²) < 4.78 is 0. The summed E-state index contributed by atoms with van der Waals surface area (Å²) in [7, 11) is 0. The summed E-state index contributed by atoms with van der Waals surface area (Å²) in [6.07, 6.45) is 1.50. The van der Waals surface area contributed by atoms with Crippen LogP contribution >= 0.6 is 11.6 Å². The monoisotopic (exact) mass is 289 g/mol. The summed E-state index contributed by atoms with van der Waals surface area (Å²) in [4.78, 5) is 16.4. The second-order valence-electron chi connectivity index (χ2n) is 4.40. The van der Waals surface area contributed by atoms with Gasteiger partial charge in [-0.3, -0.25) is 4.79 Å². The van der Waals surface area contributed by atoms with Crippen LogP contribution in [-0.2, 0) is 0 Å². The number of carbonyl (C=O) groups excluding carboxylic acids is 1. The number of anilines is 2. The van der Waals surface area contributed by atoms with Crippen LogP contribution in [0.4, 0.5) is 11.5 Å². The standard InChI is InChI=1S/C15H16ClN3O/c1-3-17-13-6-4-10(2)8-12(13)15(20)19-14-7-5-11(16)9-18-14/h4-9,17H,3H2,1-2H3,(H,18,19,20). The van der Waals surface area contributed by atoms with Crippen molar-refractivity contribution >= 4 is 29.0 Å². The number of rotatable bonds is 4. The quantitative estimate of drug-likeness (QED) is 0.902. The van der Waals surface area contributed by atoms with E-state index in [-0.39, 0.29) is 5.91 Å². The number of benzene rings is 1. The van der Waals surface area contributed by atoms with Crippen LogP contribution in [0.1, 0.15) is 22.8 Å². The maximum Gasteiger partial charge on any atom is 0.258 e. The Balaban J connectivity index is 2.23. The van der Waals surface area contributed by atoms with Crippen molar-refractivity contribution in [3.8, 4) is 0 Å². The zero-order chi connectivity index (χ0) is 14.5. The molecule has 0 radical (unpaired) electrons. The molecule has 0 aliphatic rings. The molecule has 1 aromatic heterocycles. The fraction of sp³-hybridized carbons (Fsp3) is 0.200. The van der Waals surface area contributed by atoms with Crippen LogP contribution < -0.4 is 10.6 Å². The second kappa shape index (κ2) is 6.39. The van der Waals surface area contributed by atoms with E-state index in [0.717, 1.165) is 17.8 Å². The van der Waals surface area contributed by atoms with Crippen molar-refractivity contribution in [1.29, 1.82) is 0 Å². The van der Waals surface area contributed by atoms with E-state index in [9.17, 15) is 4.79 Å². The number of aromatic nitrogens is 1. The summed E-state index contributed by atoms with van der Waals surface area (Å²) in [6.45, 7) is 4.69. The average molecular weight is 290 g/mol. The van der Waals surface area contributed by atoms with E-state index in [2.05, 4.69) is 15.6 Å². The van der Waals surface area contributed by atoms with Crippen molar-refractivity contribution in [2.75, 3.05) is 17.2 Å². The van der Waals surface area contributed by atoms with E-state index >= 15 is 0 Å². The Bertz CT molecular complexity index is 611. The number of halogens is 1. The number of hydrogen-bond acceptors (Lipinski definition) is 3. The van der Waals surface area contributed by atoms with Crippen molar-refractivity contribution in [3.05, 3.63) is 52.7 Å². The van der Waals surface area contributed by atoms with Crippen LogP contribution in [0.5, 0.6) is 0 Å². The molecule has 1 aromatic carbocycles. The molecule has 0 aliphatic carbocycles. The first kappa shape index (κ1) is 14.3. The molecule has 0 bridgehead atoms. The predicted octanol–water partition coefficient (Wildman–Crippen LogP) is 3.73. The minimum atomic E-state index is -0.195. The molecule has 20 heavy (non-hydrogen) atoms. The maximum absolute atomic E-state index is 12.3. The lowest BCUT2D eigenvalue weighted by molar-refractivity contribution is 0.102. The predicted molar refractivity (Wildman–Crippen MR) is 82.5 cm³/mol. The normalized spacial score (nSPS) is 10.2. The molecule has 0 saturated carbocycles. The van der Waals surface area contributed by atoms with Gasteiger partial charge in [0.05, 0.1) is 10.6 Å². The Morgan fingerprint density at radius 3 is 2.75 bits per heavy atom. The number of amides is 1. The molecule has 0 atom stereocenters. The molecule has 0 spiro atoms. The van der Waals surface area contributed by atoms with Crippen molar-refractivity contribution in [1.82, 2.24) is 4.98 Å². The Labute approximate surface area is 123 Å². The molecule has 1 heterocycles. The minimum Gasteiger partial charge on any atom is -0.385 e. The summed E-state index contributed by atoms with van der Waals surface area (Å²) >= 11 is 5.77. The first-order chi connectivity index (χ1) is 9.60. The van der Waals surface area contributed by atoms with E-state index in [4.69, 9.17) is 11.6 Å². The Hall–Kier alpha value is -2.07. The fourth-order valence-corrected chi connectivity index (χ4v) is 1.94. The number of pyridine rings is 1. The van der Waals surface area contributed by atoms with Gasteiger partial charge in [-0.15, -0.1) is 0 Å². The van der Waals surface area contributed by atoms with Gasteiger partial charge in [0.1, 0.15) is 5.82 Å². The number of nitrogens with zero attached hydrogens (tertiary/aromatic N) is 1. The SMILES string of the molecule is CCNc1ccc(C)cc1C(=O)Nc1ccc(Cl)cn1. The lowest BCUT2D eigenvalue weighted by atomic mass is 10.1. The number of nitrogens with one attached hydrogen (secondary N) is 2. The Morgan fingerprint density at radius 1 is 1.30 bits per heavy atom. The molecule has 2 aromatic rings. The zero-order valence-electron chi connectivity index (χ0n) is 11.4. The summed E-state index contributed by atoms with van der Waals surface area (Å²) in [6, 6.07) is 9.08. The summed E-state index contributed by atoms with van der Waals surface area (Å²) in [5, 5.41) is 6.47. The Morgan fingerprint density at radius 2 is 2.10 bits per heavy atom. The summed E-state index contributed by atoms with van der Waals surface area (Å²) in [5.74, 6) is 0.280. The van der Waals surface area contributed by atoms with Gasteiger partial charge in [0.2, 0.25) is 0 Å². The topological polar surface area (TPSA) is 54.0 Å². The lowest BCUT2D eigenvalue weighted by Gasteiger charge is -2.11. The maximum atomic E-state index is 12.3. The van der Waals surface area contributed by atoms with E-state index in [0.29, 0.717) is 16.4 Å². The molecule has 2 rings (SSSR count). The third-order valence-corrected chi connectivity index (χ3v) is 2.98. The molecule has 0 unspecified atom stereocenters. The smallest absolute Gasteiger partial charge is 0.258 e. The van der Waals surface area contributed by atoms with E-state index in [1.807, 2.05) is 32.0 Å². The first-order valence-corrected chi connectivity index (χ1v) is 6.75. The van der Waals surface area contributed by atoms with Gasteiger partial charge < -0.3 is 10.6 Å². The number of carbonyl (C=O) groups is 1. The van der Waals surface area contributed by atoms with Crippen molar-refractivity contribution in [3.63, 3.8) is 0 Å². The van der Waals surface area contributed by atoms with Gasteiger partial charge in [-0.25, -0.2) is 4.98 Å². The van der Waals surface area contributed by atoms with Gasteiger partial charge in [-0.2, -0.15) is 0 Å². The molecule has 0 fully saturated rings.